The minimum Gasteiger partial charge on any atom is -0.454 e. The van der Waals surface area contributed by atoms with Crippen molar-refractivity contribution in [2.75, 3.05) is 20.4 Å². The summed E-state index contributed by atoms with van der Waals surface area (Å²) in [5.41, 5.74) is 0.537. The molecule has 140 valence electrons. The van der Waals surface area contributed by atoms with Crippen LogP contribution < -0.4 is 24.8 Å². The van der Waals surface area contributed by atoms with Crippen LogP contribution in [0.1, 0.15) is 32.3 Å². The number of hydrogen-bond acceptors (Lipinski definition) is 4. The summed E-state index contributed by atoms with van der Waals surface area (Å²) in [4.78, 5) is 4.16. The van der Waals surface area contributed by atoms with Crippen molar-refractivity contribution >= 4 is 5.96 Å². The number of aliphatic imine (C=N–C) groups is 1. The first kappa shape index (κ1) is 19.1. The second-order valence-electron chi connectivity index (χ2n) is 5.68. The fourth-order valence-electron chi connectivity index (χ4n) is 2.53. The Hall–Kier alpha value is -2.25. The number of hydrogen-bond donors (Lipinski definition) is 2. The van der Waals surface area contributed by atoms with Gasteiger partial charge in [-0.1, -0.05) is 26.7 Å². The number of rotatable bonds is 8. The van der Waals surface area contributed by atoms with E-state index in [2.05, 4.69) is 34.2 Å². The zero-order valence-electron chi connectivity index (χ0n) is 14.8. The van der Waals surface area contributed by atoms with E-state index in [1.165, 1.54) is 6.07 Å². The molecule has 1 aromatic carbocycles. The second kappa shape index (κ2) is 9.29. The third kappa shape index (κ3) is 5.37. The monoisotopic (exact) mass is 357 g/mol. The molecule has 0 bridgehead atoms. The van der Waals surface area contributed by atoms with Gasteiger partial charge in [0, 0.05) is 31.8 Å². The van der Waals surface area contributed by atoms with Crippen molar-refractivity contribution in [3.63, 3.8) is 0 Å². The fraction of sp³-hybridized carbons (Fsp3) is 0.588. The van der Waals surface area contributed by atoms with Gasteiger partial charge in [-0.15, -0.1) is 0 Å². The number of benzene rings is 1. The first-order valence-corrected chi connectivity index (χ1v) is 8.39. The van der Waals surface area contributed by atoms with Crippen molar-refractivity contribution in [3.8, 4) is 17.2 Å². The van der Waals surface area contributed by atoms with Gasteiger partial charge < -0.3 is 24.8 Å². The molecule has 1 aliphatic rings. The van der Waals surface area contributed by atoms with E-state index in [0.717, 1.165) is 19.4 Å². The fourth-order valence-corrected chi connectivity index (χ4v) is 2.53. The van der Waals surface area contributed by atoms with Crippen LogP contribution in [0.25, 0.3) is 0 Å². The summed E-state index contributed by atoms with van der Waals surface area (Å²) in [6, 6.07) is 3.06. The van der Waals surface area contributed by atoms with E-state index in [1.807, 2.05) is 0 Å². The lowest BCUT2D eigenvalue weighted by Crippen LogP contribution is -2.39. The normalized spacial score (nSPS) is 13.5. The second-order valence-corrected chi connectivity index (χ2v) is 5.68. The van der Waals surface area contributed by atoms with E-state index < -0.39 is 6.61 Å². The molecule has 1 heterocycles. The Morgan fingerprint density at radius 2 is 1.88 bits per heavy atom. The predicted octanol–water partition coefficient (Wildman–Crippen LogP) is 3.12. The molecule has 0 aromatic heterocycles. The van der Waals surface area contributed by atoms with Crippen LogP contribution in [0.5, 0.6) is 17.2 Å². The third-order valence-corrected chi connectivity index (χ3v) is 4.15. The van der Waals surface area contributed by atoms with Gasteiger partial charge in [0.25, 0.3) is 0 Å². The molecular formula is C17H25F2N3O3. The molecule has 2 rings (SSSR count). The highest BCUT2D eigenvalue weighted by molar-refractivity contribution is 5.79. The van der Waals surface area contributed by atoms with Gasteiger partial charge in [0.05, 0.1) is 0 Å². The maximum atomic E-state index is 12.7. The van der Waals surface area contributed by atoms with E-state index in [4.69, 9.17) is 9.47 Å². The number of halogens is 2. The van der Waals surface area contributed by atoms with Crippen molar-refractivity contribution in [1.29, 1.82) is 0 Å². The van der Waals surface area contributed by atoms with Crippen LogP contribution in [-0.2, 0) is 6.54 Å². The molecule has 6 nitrogen and oxygen atoms in total. The Balaban J connectivity index is 2.03. The minimum atomic E-state index is -2.91. The zero-order chi connectivity index (χ0) is 18.2. The molecule has 0 atom stereocenters. The van der Waals surface area contributed by atoms with Gasteiger partial charge in [0.1, 0.15) is 5.75 Å². The van der Waals surface area contributed by atoms with Crippen LogP contribution in [0.2, 0.25) is 0 Å². The number of fused-ring (bicyclic) bond motifs is 1. The smallest absolute Gasteiger partial charge is 0.387 e. The van der Waals surface area contributed by atoms with Crippen molar-refractivity contribution in [2.45, 2.75) is 39.8 Å². The summed E-state index contributed by atoms with van der Waals surface area (Å²) in [5, 5.41) is 6.36. The summed E-state index contributed by atoms with van der Waals surface area (Å²) in [5.74, 6) is 2.13. The molecule has 1 aliphatic heterocycles. The van der Waals surface area contributed by atoms with Crippen LogP contribution in [-0.4, -0.2) is 33.0 Å². The Morgan fingerprint density at radius 3 is 2.48 bits per heavy atom. The molecule has 1 aromatic rings. The Labute approximate surface area is 146 Å². The van der Waals surface area contributed by atoms with Gasteiger partial charge in [-0.2, -0.15) is 8.78 Å². The van der Waals surface area contributed by atoms with Crippen molar-refractivity contribution < 1.29 is 23.0 Å². The topological polar surface area (TPSA) is 64.1 Å². The number of nitrogens with zero attached hydrogens (tertiary/aromatic N) is 1. The van der Waals surface area contributed by atoms with E-state index >= 15 is 0 Å². The standard InChI is InChI=1S/C17H25F2N3O3/c1-4-11(5-2)8-21-17(20-3)22-9-12-6-14-15(24-10-23-14)7-13(12)25-16(18)19/h6-7,11,16H,4-5,8-10H2,1-3H3,(H2,20,21,22). The van der Waals surface area contributed by atoms with Gasteiger partial charge in [-0.05, 0) is 12.0 Å². The predicted molar refractivity (Wildman–Crippen MR) is 91.5 cm³/mol. The number of nitrogens with one attached hydrogen (secondary N) is 2. The van der Waals surface area contributed by atoms with E-state index in [1.54, 1.807) is 13.1 Å². The first-order chi connectivity index (χ1) is 12.1. The Morgan fingerprint density at radius 1 is 1.20 bits per heavy atom. The lowest BCUT2D eigenvalue weighted by molar-refractivity contribution is -0.0505. The summed E-state index contributed by atoms with van der Waals surface area (Å²) in [6.07, 6.45) is 2.16. The van der Waals surface area contributed by atoms with Gasteiger partial charge >= 0.3 is 6.61 Å². The van der Waals surface area contributed by atoms with Crippen LogP contribution in [0.4, 0.5) is 8.78 Å². The quantitative estimate of drug-likeness (QED) is 0.553. The molecule has 0 saturated heterocycles. The largest absolute Gasteiger partial charge is 0.454 e. The van der Waals surface area contributed by atoms with Crippen molar-refractivity contribution in [1.82, 2.24) is 10.6 Å². The van der Waals surface area contributed by atoms with Crippen molar-refractivity contribution in [3.05, 3.63) is 17.7 Å². The molecule has 0 saturated carbocycles. The van der Waals surface area contributed by atoms with Gasteiger partial charge in [0.2, 0.25) is 6.79 Å². The van der Waals surface area contributed by atoms with Gasteiger partial charge in [-0.25, -0.2) is 0 Å². The highest BCUT2D eigenvalue weighted by Crippen LogP contribution is 2.38. The SMILES string of the molecule is CCC(CC)CNC(=NC)NCc1cc2c(cc1OC(F)F)OCO2. The molecule has 0 amide bonds. The van der Waals surface area contributed by atoms with Crippen molar-refractivity contribution in [2.24, 2.45) is 10.9 Å². The number of alkyl halides is 2. The molecular weight excluding hydrogens is 332 g/mol. The molecule has 0 spiro atoms. The van der Waals surface area contributed by atoms with Crippen LogP contribution in [0.3, 0.4) is 0 Å². The lowest BCUT2D eigenvalue weighted by Gasteiger charge is -2.18. The molecule has 2 N–H and O–H groups in total. The summed E-state index contributed by atoms with van der Waals surface area (Å²) in [6.45, 7) is 2.51. The van der Waals surface area contributed by atoms with E-state index in [9.17, 15) is 8.78 Å². The van der Waals surface area contributed by atoms with Gasteiger partial charge in [-0.3, -0.25) is 4.99 Å². The highest BCUT2D eigenvalue weighted by atomic mass is 19.3. The maximum absolute atomic E-state index is 12.7. The molecule has 0 radical (unpaired) electrons. The summed E-state index contributed by atoms with van der Waals surface area (Å²) < 4.78 is 40.4. The maximum Gasteiger partial charge on any atom is 0.387 e. The average molecular weight is 357 g/mol. The Kier molecular flexibility index (Phi) is 7.09. The van der Waals surface area contributed by atoms with E-state index in [0.29, 0.717) is 28.9 Å². The van der Waals surface area contributed by atoms with Crippen LogP contribution >= 0.6 is 0 Å². The molecule has 0 fully saturated rings. The van der Waals surface area contributed by atoms with Crippen LogP contribution in [0.15, 0.2) is 17.1 Å². The molecule has 0 unspecified atom stereocenters. The van der Waals surface area contributed by atoms with E-state index in [-0.39, 0.29) is 19.1 Å². The average Bonchev–Trinajstić information content (AvgIpc) is 3.04. The first-order valence-electron chi connectivity index (χ1n) is 8.39. The number of ether oxygens (including phenoxy) is 3. The highest BCUT2D eigenvalue weighted by Gasteiger charge is 2.20. The Bertz CT molecular complexity index is 593. The molecule has 0 aliphatic carbocycles. The zero-order valence-corrected chi connectivity index (χ0v) is 14.8. The third-order valence-electron chi connectivity index (χ3n) is 4.15. The minimum absolute atomic E-state index is 0.0576. The van der Waals surface area contributed by atoms with Gasteiger partial charge in [0.15, 0.2) is 17.5 Å². The number of guanidine groups is 1. The molecule has 25 heavy (non-hydrogen) atoms. The lowest BCUT2D eigenvalue weighted by atomic mass is 10.0. The summed E-state index contributed by atoms with van der Waals surface area (Å²) in [7, 11) is 1.67. The van der Waals surface area contributed by atoms with Crippen LogP contribution in [0, 0.1) is 5.92 Å². The summed E-state index contributed by atoms with van der Waals surface area (Å²) >= 11 is 0. The molecule has 8 heteroatoms.